The van der Waals surface area contributed by atoms with Gasteiger partial charge in [0.15, 0.2) is 0 Å². The number of nitrogens with one attached hydrogen (secondary N) is 1. The molecule has 0 aliphatic heterocycles. The van der Waals surface area contributed by atoms with Gasteiger partial charge in [-0.05, 0) is 49.5 Å². The zero-order valence-electron chi connectivity index (χ0n) is 10.7. The van der Waals surface area contributed by atoms with Gasteiger partial charge in [-0.15, -0.1) is 0 Å². The van der Waals surface area contributed by atoms with Crippen molar-refractivity contribution < 1.29 is 0 Å². The van der Waals surface area contributed by atoms with Crippen molar-refractivity contribution in [1.82, 2.24) is 5.32 Å². The molecule has 0 spiro atoms. The second kappa shape index (κ2) is 4.81. The van der Waals surface area contributed by atoms with Crippen LogP contribution in [0.2, 0.25) is 0 Å². The Labute approximate surface area is 105 Å². The van der Waals surface area contributed by atoms with Crippen LogP contribution in [0.25, 0.3) is 0 Å². The van der Waals surface area contributed by atoms with Crippen molar-refractivity contribution in [2.24, 2.45) is 17.8 Å². The fourth-order valence-corrected chi connectivity index (χ4v) is 3.93. The van der Waals surface area contributed by atoms with Crippen molar-refractivity contribution in [3.05, 3.63) is 35.9 Å². The fraction of sp³-hybridized carbons (Fsp3) is 0.625. The van der Waals surface area contributed by atoms with Crippen LogP contribution in [0.15, 0.2) is 30.3 Å². The van der Waals surface area contributed by atoms with E-state index in [0.717, 1.165) is 24.3 Å². The van der Waals surface area contributed by atoms with Gasteiger partial charge >= 0.3 is 0 Å². The molecule has 4 atom stereocenters. The monoisotopic (exact) mass is 229 g/mol. The zero-order valence-corrected chi connectivity index (χ0v) is 10.7. The van der Waals surface area contributed by atoms with Gasteiger partial charge in [0.05, 0.1) is 0 Å². The van der Waals surface area contributed by atoms with Crippen LogP contribution in [0.1, 0.15) is 38.2 Å². The standard InChI is InChI=1S/C16H23N/c1-12(16-10-14-7-8-15(16)9-14)17-11-13-5-3-2-4-6-13/h2-6,12,14-17H,7-11H2,1H3/t12?,14-,15+,16?/m0/s1. The smallest absolute Gasteiger partial charge is 0.0208 e. The highest BCUT2D eigenvalue weighted by Gasteiger charge is 2.41. The van der Waals surface area contributed by atoms with Gasteiger partial charge in [-0.3, -0.25) is 0 Å². The Balaban J connectivity index is 1.52. The van der Waals surface area contributed by atoms with E-state index in [1.54, 1.807) is 0 Å². The molecule has 0 aromatic heterocycles. The van der Waals surface area contributed by atoms with Gasteiger partial charge in [0.2, 0.25) is 0 Å². The molecule has 17 heavy (non-hydrogen) atoms. The Morgan fingerprint density at radius 1 is 1.18 bits per heavy atom. The lowest BCUT2D eigenvalue weighted by Gasteiger charge is -2.28. The Kier molecular flexibility index (Phi) is 3.19. The van der Waals surface area contributed by atoms with Gasteiger partial charge in [-0.2, -0.15) is 0 Å². The van der Waals surface area contributed by atoms with E-state index in [2.05, 4.69) is 42.6 Å². The number of benzene rings is 1. The molecule has 2 fully saturated rings. The molecule has 2 bridgehead atoms. The van der Waals surface area contributed by atoms with E-state index in [9.17, 15) is 0 Å². The summed E-state index contributed by atoms with van der Waals surface area (Å²) in [5, 5.41) is 3.73. The molecule has 0 amide bonds. The van der Waals surface area contributed by atoms with E-state index in [0.29, 0.717) is 6.04 Å². The number of hydrogen-bond acceptors (Lipinski definition) is 1. The summed E-state index contributed by atoms with van der Waals surface area (Å²) in [6.07, 6.45) is 5.99. The van der Waals surface area contributed by atoms with Gasteiger partial charge in [-0.25, -0.2) is 0 Å². The van der Waals surface area contributed by atoms with Gasteiger partial charge in [0, 0.05) is 12.6 Å². The van der Waals surface area contributed by atoms with Crippen LogP contribution in [-0.4, -0.2) is 6.04 Å². The molecule has 3 rings (SSSR count). The lowest BCUT2D eigenvalue weighted by Crippen LogP contribution is -2.35. The maximum absolute atomic E-state index is 3.73. The normalized spacial score (nSPS) is 32.9. The van der Waals surface area contributed by atoms with Gasteiger partial charge in [-0.1, -0.05) is 36.8 Å². The summed E-state index contributed by atoms with van der Waals surface area (Å²) in [7, 11) is 0. The lowest BCUT2D eigenvalue weighted by molar-refractivity contribution is 0.259. The average molecular weight is 229 g/mol. The largest absolute Gasteiger partial charge is 0.310 e. The quantitative estimate of drug-likeness (QED) is 0.832. The van der Waals surface area contributed by atoms with E-state index in [-0.39, 0.29) is 0 Å². The predicted octanol–water partition coefficient (Wildman–Crippen LogP) is 3.60. The summed E-state index contributed by atoms with van der Waals surface area (Å²) >= 11 is 0. The van der Waals surface area contributed by atoms with Crippen molar-refractivity contribution in [1.29, 1.82) is 0 Å². The van der Waals surface area contributed by atoms with Crippen LogP contribution in [0.3, 0.4) is 0 Å². The minimum Gasteiger partial charge on any atom is -0.310 e. The van der Waals surface area contributed by atoms with Crippen molar-refractivity contribution >= 4 is 0 Å². The highest BCUT2D eigenvalue weighted by molar-refractivity contribution is 5.14. The molecule has 2 unspecified atom stereocenters. The molecule has 1 nitrogen and oxygen atoms in total. The minimum absolute atomic E-state index is 0.686. The van der Waals surface area contributed by atoms with Crippen LogP contribution in [-0.2, 0) is 6.54 Å². The molecule has 2 saturated carbocycles. The molecular formula is C16H23N. The van der Waals surface area contributed by atoms with Crippen molar-refractivity contribution in [2.75, 3.05) is 0 Å². The molecule has 0 saturated heterocycles. The maximum atomic E-state index is 3.73. The summed E-state index contributed by atoms with van der Waals surface area (Å²) in [5.74, 6) is 3.03. The molecule has 2 aliphatic rings. The average Bonchev–Trinajstić information content (AvgIpc) is 2.99. The molecule has 0 heterocycles. The highest BCUT2D eigenvalue weighted by atomic mass is 14.9. The first kappa shape index (κ1) is 11.3. The van der Waals surface area contributed by atoms with Gasteiger partial charge < -0.3 is 5.32 Å². The molecule has 1 N–H and O–H groups in total. The Morgan fingerprint density at radius 2 is 2.00 bits per heavy atom. The second-order valence-electron chi connectivity index (χ2n) is 5.99. The van der Waals surface area contributed by atoms with Crippen LogP contribution in [0, 0.1) is 17.8 Å². The first-order valence-corrected chi connectivity index (χ1v) is 7.10. The lowest BCUT2D eigenvalue weighted by atomic mass is 9.84. The number of rotatable bonds is 4. The third-order valence-corrected chi connectivity index (χ3v) is 4.91. The SMILES string of the molecule is CC(NCc1ccccc1)C1C[C@H]2CC[C@@H]1C2. The molecule has 92 valence electrons. The predicted molar refractivity (Wildman–Crippen MR) is 71.7 cm³/mol. The zero-order chi connectivity index (χ0) is 11.7. The van der Waals surface area contributed by atoms with Crippen molar-refractivity contribution in [2.45, 2.75) is 45.2 Å². The third-order valence-electron chi connectivity index (χ3n) is 4.91. The first-order chi connectivity index (χ1) is 8.33. The van der Waals surface area contributed by atoms with Crippen LogP contribution in [0.4, 0.5) is 0 Å². The van der Waals surface area contributed by atoms with E-state index < -0.39 is 0 Å². The molecule has 1 heteroatoms. The second-order valence-corrected chi connectivity index (χ2v) is 5.99. The summed E-state index contributed by atoms with van der Waals surface area (Å²) in [4.78, 5) is 0. The van der Waals surface area contributed by atoms with Crippen LogP contribution >= 0.6 is 0 Å². The Hall–Kier alpha value is -0.820. The summed E-state index contributed by atoms with van der Waals surface area (Å²) in [5.41, 5.74) is 1.41. The first-order valence-electron chi connectivity index (χ1n) is 7.10. The molecule has 1 aromatic carbocycles. The molecule has 1 aromatic rings. The fourth-order valence-electron chi connectivity index (χ4n) is 3.93. The van der Waals surface area contributed by atoms with Gasteiger partial charge in [0.1, 0.15) is 0 Å². The summed E-state index contributed by atoms with van der Waals surface area (Å²) < 4.78 is 0. The van der Waals surface area contributed by atoms with E-state index >= 15 is 0 Å². The van der Waals surface area contributed by atoms with Crippen LogP contribution < -0.4 is 5.32 Å². The molecule has 0 radical (unpaired) electrons. The summed E-state index contributed by atoms with van der Waals surface area (Å²) in [6.45, 7) is 3.41. The van der Waals surface area contributed by atoms with E-state index in [1.807, 2.05) is 0 Å². The Morgan fingerprint density at radius 3 is 2.65 bits per heavy atom. The molecule has 2 aliphatic carbocycles. The summed E-state index contributed by atoms with van der Waals surface area (Å²) in [6, 6.07) is 11.4. The van der Waals surface area contributed by atoms with Crippen molar-refractivity contribution in [3.63, 3.8) is 0 Å². The van der Waals surface area contributed by atoms with E-state index in [4.69, 9.17) is 0 Å². The number of hydrogen-bond donors (Lipinski definition) is 1. The van der Waals surface area contributed by atoms with Crippen molar-refractivity contribution in [3.8, 4) is 0 Å². The minimum atomic E-state index is 0.686. The maximum Gasteiger partial charge on any atom is 0.0208 e. The topological polar surface area (TPSA) is 12.0 Å². The van der Waals surface area contributed by atoms with E-state index in [1.165, 1.54) is 31.2 Å². The Bertz CT molecular complexity index is 359. The molecular weight excluding hydrogens is 206 g/mol. The van der Waals surface area contributed by atoms with Crippen LogP contribution in [0.5, 0.6) is 0 Å². The highest BCUT2D eigenvalue weighted by Crippen LogP contribution is 2.49. The number of fused-ring (bicyclic) bond motifs is 2. The third kappa shape index (κ3) is 2.40. The van der Waals surface area contributed by atoms with Gasteiger partial charge in [0.25, 0.3) is 0 Å².